The molecule has 3 heteroatoms. The van der Waals surface area contributed by atoms with E-state index in [1.165, 1.54) is 0 Å². The van der Waals surface area contributed by atoms with Gasteiger partial charge in [-0.1, -0.05) is 6.92 Å². The molecule has 4 atom stereocenters. The predicted octanol–water partition coefficient (Wildman–Crippen LogP) is 0.765. The lowest BCUT2D eigenvalue weighted by Gasteiger charge is -2.35. The summed E-state index contributed by atoms with van der Waals surface area (Å²) in [5.74, 6) is 0.267. The topological polar surface area (TPSA) is 38.7 Å². The van der Waals surface area contributed by atoms with Crippen molar-refractivity contribution in [2.24, 2.45) is 5.92 Å². The number of aliphatic hydroxyl groups excluding tert-OH is 1. The number of ether oxygens (including phenoxy) is 2. The average Bonchev–Trinajstić information content (AvgIpc) is 1.99. The van der Waals surface area contributed by atoms with Crippen LogP contribution in [0.1, 0.15) is 20.3 Å². The van der Waals surface area contributed by atoms with Gasteiger partial charge in [0.1, 0.15) is 0 Å². The molecule has 11 heavy (non-hydrogen) atoms. The Labute approximate surface area is 67.3 Å². The lowest BCUT2D eigenvalue weighted by Crippen LogP contribution is -2.42. The highest BCUT2D eigenvalue weighted by atomic mass is 16.7. The first kappa shape index (κ1) is 8.97. The van der Waals surface area contributed by atoms with E-state index in [-0.39, 0.29) is 24.4 Å². The quantitative estimate of drug-likeness (QED) is 0.615. The molecule has 0 spiro atoms. The summed E-state index contributed by atoms with van der Waals surface area (Å²) in [5.41, 5.74) is 0. The number of rotatable bonds is 1. The Kier molecular flexibility index (Phi) is 2.87. The molecule has 0 aromatic heterocycles. The van der Waals surface area contributed by atoms with Crippen LogP contribution in [0.4, 0.5) is 0 Å². The second-order valence-electron chi connectivity index (χ2n) is 3.21. The van der Waals surface area contributed by atoms with Crippen molar-refractivity contribution in [2.75, 3.05) is 7.11 Å². The third-order valence-corrected chi connectivity index (χ3v) is 2.26. The van der Waals surface area contributed by atoms with E-state index in [9.17, 15) is 5.11 Å². The lowest BCUT2D eigenvalue weighted by atomic mass is 9.94. The molecule has 0 radical (unpaired) electrons. The van der Waals surface area contributed by atoms with Crippen molar-refractivity contribution in [3.05, 3.63) is 0 Å². The van der Waals surface area contributed by atoms with Gasteiger partial charge in [-0.3, -0.25) is 0 Å². The third-order valence-electron chi connectivity index (χ3n) is 2.26. The van der Waals surface area contributed by atoms with Gasteiger partial charge in [-0.25, -0.2) is 0 Å². The van der Waals surface area contributed by atoms with E-state index < -0.39 is 0 Å². The van der Waals surface area contributed by atoms with Gasteiger partial charge in [0.05, 0.1) is 12.2 Å². The van der Waals surface area contributed by atoms with Gasteiger partial charge in [0.2, 0.25) is 0 Å². The Morgan fingerprint density at radius 3 is 2.55 bits per heavy atom. The van der Waals surface area contributed by atoms with E-state index in [4.69, 9.17) is 9.47 Å². The summed E-state index contributed by atoms with van der Waals surface area (Å²) in [5, 5.41) is 9.48. The fourth-order valence-corrected chi connectivity index (χ4v) is 1.43. The van der Waals surface area contributed by atoms with Crippen molar-refractivity contribution in [3.8, 4) is 0 Å². The molecule has 1 saturated heterocycles. The Hall–Kier alpha value is -0.120. The van der Waals surface area contributed by atoms with E-state index in [1.54, 1.807) is 7.11 Å². The zero-order valence-electron chi connectivity index (χ0n) is 7.28. The van der Waals surface area contributed by atoms with Gasteiger partial charge in [-0.2, -0.15) is 0 Å². The molecular formula is C8H16O3. The normalized spacial score (nSPS) is 45.8. The lowest BCUT2D eigenvalue weighted by molar-refractivity contribution is -0.221. The number of methoxy groups -OCH3 is 1. The largest absolute Gasteiger partial charge is 0.390 e. The molecule has 1 fully saturated rings. The second-order valence-corrected chi connectivity index (χ2v) is 3.21. The molecule has 1 aliphatic heterocycles. The van der Waals surface area contributed by atoms with Gasteiger partial charge in [0, 0.05) is 13.5 Å². The molecule has 1 N–H and O–H groups in total. The third kappa shape index (κ3) is 1.92. The van der Waals surface area contributed by atoms with Crippen LogP contribution < -0.4 is 0 Å². The standard InChI is InChI=1S/C8H16O3/c1-5-4-7(10-3)11-6(2)8(5)9/h5-9H,4H2,1-3H3. The first-order chi connectivity index (χ1) is 5.15. The first-order valence-electron chi connectivity index (χ1n) is 4.01. The molecular weight excluding hydrogens is 144 g/mol. The summed E-state index contributed by atoms with van der Waals surface area (Å²) in [6.45, 7) is 3.88. The highest BCUT2D eigenvalue weighted by Crippen LogP contribution is 2.24. The predicted molar refractivity (Wildman–Crippen MR) is 41.1 cm³/mol. The van der Waals surface area contributed by atoms with Crippen LogP contribution in [0, 0.1) is 5.92 Å². The first-order valence-corrected chi connectivity index (χ1v) is 4.01. The number of hydrogen-bond donors (Lipinski definition) is 1. The minimum Gasteiger partial charge on any atom is -0.390 e. The fourth-order valence-electron chi connectivity index (χ4n) is 1.43. The highest BCUT2D eigenvalue weighted by Gasteiger charge is 2.32. The zero-order valence-corrected chi connectivity index (χ0v) is 7.28. The molecule has 0 aromatic carbocycles. The van der Waals surface area contributed by atoms with E-state index >= 15 is 0 Å². The van der Waals surface area contributed by atoms with Crippen LogP contribution in [0.15, 0.2) is 0 Å². The van der Waals surface area contributed by atoms with Crippen molar-refractivity contribution < 1.29 is 14.6 Å². The molecule has 0 bridgehead atoms. The average molecular weight is 160 g/mol. The van der Waals surface area contributed by atoms with E-state index in [2.05, 4.69) is 0 Å². The monoisotopic (exact) mass is 160 g/mol. The molecule has 4 unspecified atom stereocenters. The second kappa shape index (κ2) is 3.52. The smallest absolute Gasteiger partial charge is 0.158 e. The van der Waals surface area contributed by atoms with E-state index in [0.717, 1.165) is 6.42 Å². The van der Waals surface area contributed by atoms with Gasteiger partial charge < -0.3 is 14.6 Å². The van der Waals surface area contributed by atoms with Gasteiger partial charge >= 0.3 is 0 Å². The van der Waals surface area contributed by atoms with Crippen molar-refractivity contribution in [1.82, 2.24) is 0 Å². The SMILES string of the molecule is COC1CC(C)C(O)C(C)O1. The van der Waals surface area contributed by atoms with Crippen LogP contribution >= 0.6 is 0 Å². The zero-order chi connectivity index (χ0) is 8.43. The fraction of sp³-hybridized carbons (Fsp3) is 1.00. The minimum atomic E-state index is -0.346. The van der Waals surface area contributed by atoms with Gasteiger partial charge in [-0.05, 0) is 12.8 Å². The molecule has 0 amide bonds. The summed E-state index contributed by atoms with van der Waals surface area (Å²) in [6, 6.07) is 0. The number of aliphatic hydroxyl groups is 1. The molecule has 0 aromatic rings. The van der Waals surface area contributed by atoms with E-state index in [1.807, 2.05) is 13.8 Å². The van der Waals surface area contributed by atoms with Crippen LogP contribution in [0.2, 0.25) is 0 Å². The highest BCUT2D eigenvalue weighted by molar-refractivity contribution is 4.77. The summed E-state index contributed by atoms with van der Waals surface area (Å²) in [4.78, 5) is 0. The molecule has 0 saturated carbocycles. The van der Waals surface area contributed by atoms with Crippen molar-refractivity contribution in [2.45, 2.75) is 38.8 Å². The van der Waals surface area contributed by atoms with Gasteiger partial charge in [0.25, 0.3) is 0 Å². The molecule has 1 rings (SSSR count). The van der Waals surface area contributed by atoms with Crippen molar-refractivity contribution in [1.29, 1.82) is 0 Å². The van der Waals surface area contributed by atoms with Crippen LogP contribution in [-0.2, 0) is 9.47 Å². The van der Waals surface area contributed by atoms with Crippen LogP contribution in [0.25, 0.3) is 0 Å². The molecule has 1 aliphatic rings. The van der Waals surface area contributed by atoms with Crippen LogP contribution in [0.3, 0.4) is 0 Å². The molecule has 3 nitrogen and oxygen atoms in total. The molecule has 66 valence electrons. The van der Waals surface area contributed by atoms with Crippen molar-refractivity contribution in [3.63, 3.8) is 0 Å². The van der Waals surface area contributed by atoms with Crippen molar-refractivity contribution >= 4 is 0 Å². The summed E-state index contributed by atoms with van der Waals surface area (Å²) in [6.07, 6.45) is 0.190. The summed E-state index contributed by atoms with van der Waals surface area (Å²) >= 11 is 0. The maximum absolute atomic E-state index is 9.48. The van der Waals surface area contributed by atoms with Crippen LogP contribution in [0.5, 0.6) is 0 Å². The van der Waals surface area contributed by atoms with Crippen LogP contribution in [-0.4, -0.2) is 30.7 Å². The maximum Gasteiger partial charge on any atom is 0.158 e. The Morgan fingerprint density at radius 2 is 2.09 bits per heavy atom. The van der Waals surface area contributed by atoms with E-state index in [0.29, 0.717) is 0 Å². The van der Waals surface area contributed by atoms with Gasteiger partial charge in [-0.15, -0.1) is 0 Å². The Bertz CT molecular complexity index is 115. The maximum atomic E-state index is 9.48. The molecule has 0 aliphatic carbocycles. The van der Waals surface area contributed by atoms with Gasteiger partial charge in [0.15, 0.2) is 6.29 Å². The summed E-state index contributed by atoms with van der Waals surface area (Å²) < 4.78 is 10.4. The minimum absolute atomic E-state index is 0.108. The summed E-state index contributed by atoms with van der Waals surface area (Å²) in [7, 11) is 1.63. The Morgan fingerprint density at radius 1 is 1.45 bits per heavy atom. The number of hydrogen-bond acceptors (Lipinski definition) is 3. The Balaban J connectivity index is 2.47. The molecule has 1 heterocycles.